The Hall–Kier alpha value is -2.24. The number of aryl methyl sites for hydroxylation is 1. The first-order valence-corrected chi connectivity index (χ1v) is 11.8. The molecule has 0 aliphatic carbocycles. The molecule has 2 N–H and O–H groups in total. The molecule has 3 rings (SSSR count). The molecular formula is C20H27ClFN5O4S. The molecule has 176 valence electrons. The van der Waals surface area contributed by atoms with Gasteiger partial charge in [-0.1, -0.05) is 29.9 Å². The third-order valence-electron chi connectivity index (χ3n) is 5.02. The van der Waals surface area contributed by atoms with Crippen molar-refractivity contribution in [3.8, 4) is 0 Å². The number of hydrogen-bond acceptors (Lipinski definition) is 8. The van der Waals surface area contributed by atoms with Crippen LogP contribution in [0, 0.1) is 0 Å². The van der Waals surface area contributed by atoms with Crippen molar-refractivity contribution < 1.29 is 23.5 Å². The number of rotatable bonds is 10. The predicted octanol–water partition coefficient (Wildman–Crippen LogP) is 3.01. The van der Waals surface area contributed by atoms with Crippen LogP contribution in [0.4, 0.5) is 9.52 Å². The van der Waals surface area contributed by atoms with Crippen molar-refractivity contribution >= 4 is 39.9 Å². The van der Waals surface area contributed by atoms with Crippen molar-refractivity contribution in [3.05, 3.63) is 27.7 Å². The van der Waals surface area contributed by atoms with E-state index in [2.05, 4.69) is 20.3 Å². The Kier molecular flexibility index (Phi) is 8.83. The van der Waals surface area contributed by atoms with E-state index in [1.807, 2.05) is 11.8 Å². The number of imidazole rings is 1. The number of piperidine rings is 1. The molecule has 0 aromatic carbocycles. The lowest BCUT2D eigenvalue weighted by molar-refractivity contribution is 0.0171. The number of nitrogens with zero attached hydrogens (tertiary/aromatic N) is 3. The Morgan fingerprint density at radius 2 is 2.25 bits per heavy atom. The molecule has 2 atom stereocenters. The molecule has 0 radical (unpaired) electrons. The summed E-state index contributed by atoms with van der Waals surface area (Å²) in [6.45, 7) is 4.75. The van der Waals surface area contributed by atoms with Gasteiger partial charge in [-0.15, -0.1) is 0 Å². The molecule has 1 aliphatic heterocycles. The lowest BCUT2D eigenvalue weighted by Crippen LogP contribution is -2.55. The topological polar surface area (TPSA) is 109 Å². The van der Waals surface area contributed by atoms with Crippen molar-refractivity contribution in [2.24, 2.45) is 0 Å². The number of aromatic nitrogens is 3. The summed E-state index contributed by atoms with van der Waals surface area (Å²) in [6.07, 6.45) is 2.60. The highest BCUT2D eigenvalue weighted by Gasteiger charge is 2.33. The van der Waals surface area contributed by atoms with Crippen LogP contribution in [0.2, 0.25) is 5.15 Å². The quantitative estimate of drug-likeness (QED) is 0.391. The van der Waals surface area contributed by atoms with Gasteiger partial charge in [0.05, 0.1) is 37.3 Å². The molecule has 32 heavy (non-hydrogen) atoms. The van der Waals surface area contributed by atoms with Crippen LogP contribution in [-0.4, -0.2) is 72.0 Å². The fraction of sp³-hybridized carbons (Fsp3) is 0.600. The van der Waals surface area contributed by atoms with Crippen LogP contribution in [0.5, 0.6) is 0 Å². The standard InChI is InChI=1S/C20H27ClFN5O4S/c1-3-12-16(21)26-17(24-12)18(28)25-13-6-8-27(11-14(13)31-9-5-7-22)20-23-10-15(32-20)19(29)30-4-2/h10,13-14H,3-9,11H2,1-2H3,(H,24,26)(H,25,28)/t13-,14+/m1/s1. The zero-order chi connectivity index (χ0) is 23.1. The Labute approximate surface area is 194 Å². The highest BCUT2D eigenvalue weighted by atomic mass is 35.5. The van der Waals surface area contributed by atoms with Crippen molar-refractivity contribution in [2.45, 2.75) is 45.3 Å². The molecule has 2 aromatic heterocycles. The molecule has 12 heteroatoms. The van der Waals surface area contributed by atoms with Crippen molar-refractivity contribution in [1.82, 2.24) is 20.3 Å². The molecule has 1 aliphatic rings. The molecule has 0 spiro atoms. The van der Waals surface area contributed by atoms with Crippen LogP contribution in [-0.2, 0) is 15.9 Å². The summed E-state index contributed by atoms with van der Waals surface area (Å²) in [6, 6.07) is -0.295. The van der Waals surface area contributed by atoms with Crippen molar-refractivity contribution in [3.63, 3.8) is 0 Å². The van der Waals surface area contributed by atoms with Gasteiger partial charge in [-0.05, 0) is 26.2 Å². The van der Waals surface area contributed by atoms with Gasteiger partial charge in [0.25, 0.3) is 5.91 Å². The van der Waals surface area contributed by atoms with Crippen molar-refractivity contribution in [2.75, 3.05) is 37.9 Å². The fourth-order valence-corrected chi connectivity index (χ4v) is 4.50. The van der Waals surface area contributed by atoms with Crippen molar-refractivity contribution in [1.29, 1.82) is 0 Å². The Morgan fingerprint density at radius 3 is 2.94 bits per heavy atom. The lowest BCUT2D eigenvalue weighted by atomic mass is 10.0. The second-order valence-corrected chi connectivity index (χ2v) is 8.57. The average molecular weight is 488 g/mol. The number of nitrogens with one attached hydrogen (secondary N) is 2. The van der Waals surface area contributed by atoms with Gasteiger partial charge in [0.15, 0.2) is 16.1 Å². The third-order valence-corrected chi connectivity index (χ3v) is 6.37. The largest absolute Gasteiger partial charge is 0.462 e. The van der Waals surface area contributed by atoms with E-state index in [9.17, 15) is 14.0 Å². The summed E-state index contributed by atoms with van der Waals surface area (Å²) < 4.78 is 23.5. The molecular weight excluding hydrogens is 461 g/mol. The number of esters is 1. The van der Waals surface area contributed by atoms with Crippen LogP contribution in [0.1, 0.15) is 52.7 Å². The first-order valence-electron chi connectivity index (χ1n) is 10.6. The zero-order valence-corrected chi connectivity index (χ0v) is 19.6. The van der Waals surface area contributed by atoms with Gasteiger partial charge in [-0.25, -0.2) is 14.8 Å². The van der Waals surface area contributed by atoms with Gasteiger partial charge in [0, 0.05) is 19.7 Å². The SMILES string of the molecule is CCOC(=O)c1cnc(N2CC[C@@H](NC(=O)c3nc(Cl)c(CC)[nH]3)[C@@H](OCCCF)C2)s1. The number of halogens is 2. The van der Waals surface area contributed by atoms with E-state index in [4.69, 9.17) is 21.1 Å². The van der Waals surface area contributed by atoms with Gasteiger partial charge in [-0.2, -0.15) is 0 Å². The molecule has 0 saturated carbocycles. The monoisotopic (exact) mass is 487 g/mol. The van der Waals surface area contributed by atoms with Gasteiger partial charge in [0.1, 0.15) is 4.88 Å². The average Bonchev–Trinajstić information content (AvgIpc) is 3.42. The molecule has 0 bridgehead atoms. The maximum absolute atomic E-state index is 12.7. The van der Waals surface area contributed by atoms with Crippen LogP contribution in [0.25, 0.3) is 0 Å². The molecule has 2 aromatic rings. The van der Waals surface area contributed by atoms with Gasteiger partial charge in [-0.3, -0.25) is 9.18 Å². The normalized spacial score (nSPS) is 18.6. The molecule has 3 heterocycles. The van der Waals surface area contributed by atoms with E-state index < -0.39 is 12.6 Å². The highest BCUT2D eigenvalue weighted by molar-refractivity contribution is 7.17. The van der Waals surface area contributed by atoms with E-state index >= 15 is 0 Å². The lowest BCUT2D eigenvalue weighted by Gasteiger charge is -2.38. The first kappa shape index (κ1) is 24.4. The zero-order valence-electron chi connectivity index (χ0n) is 18.0. The summed E-state index contributed by atoms with van der Waals surface area (Å²) in [5.41, 5.74) is 0.698. The highest BCUT2D eigenvalue weighted by Crippen LogP contribution is 2.27. The minimum atomic E-state index is -0.479. The van der Waals surface area contributed by atoms with Crippen LogP contribution in [0.3, 0.4) is 0 Å². The minimum absolute atomic E-state index is 0.149. The van der Waals surface area contributed by atoms with Crippen LogP contribution in [0.15, 0.2) is 6.20 Å². The van der Waals surface area contributed by atoms with Crippen LogP contribution < -0.4 is 10.2 Å². The summed E-state index contributed by atoms with van der Waals surface area (Å²) >= 11 is 7.29. The second kappa shape index (κ2) is 11.6. The smallest absolute Gasteiger partial charge is 0.350 e. The summed E-state index contributed by atoms with van der Waals surface area (Å²) in [4.78, 5) is 38.4. The maximum Gasteiger partial charge on any atom is 0.350 e. The second-order valence-electron chi connectivity index (χ2n) is 7.20. The number of ether oxygens (including phenoxy) is 2. The summed E-state index contributed by atoms with van der Waals surface area (Å²) in [5, 5.41) is 3.91. The number of anilines is 1. The molecule has 1 saturated heterocycles. The Balaban J connectivity index is 1.68. The van der Waals surface area contributed by atoms with E-state index in [0.29, 0.717) is 48.2 Å². The molecule has 1 fully saturated rings. The number of aromatic amines is 1. The van der Waals surface area contributed by atoms with E-state index in [1.54, 1.807) is 6.92 Å². The number of carbonyl (C=O) groups excluding carboxylic acids is 2. The minimum Gasteiger partial charge on any atom is -0.462 e. The van der Waals surface area contributed by atoms with Gasteiger partial charge >= 0.3 is 5.97 Å². The first-order chi connectivity index (χ1) is 15.5. The molecule has 9 nitrogen and oxygen atoms in total. The molecule has 1 amide bonds. The maximum atomic E-state index is 12.7. The van der Waals surface area contributed by atoms with Crippen LogP contribution >= 0.6 is 22.9 Å². The summed E-state index contributed by atoms with van der Waals surface area (Å²) in [5.74, 6) is -0.628. The Bertz CT molecular complexity index is 924. The van der Waals surface area contributed by atoms with E-state index in [1.165, 1.54) is 17.5 Å². The number of alkyl halides is 1. The number of thiazole rings is 1. The van der Waals surface area contributed by atoms with Gasteiger partial charge < -0.3 is 24.7 Å². The predicted molar refractivity (Wildman–Crippen MR) is 119 cm³/mol. The Morgan fingerprint density at radius 1 is 1.44 bits per heavy atom. The number of carbonyl (C=O) groups is 2. The van der Waals surface area contributed by atoms with Gasteiger partial charge in [0.2, 0.25) is 0 Å². The van der Waals surface area contributed by atoms with E-state index in [-0.39, 0.29) is 42.1 Å². The number of H-pyrrole nitrogens is 1. The number of hydrogen-bond donors (Lipinski definition) is 2. The fourth-order valence-electron chi connectivity index (χ4n) is 3.39. The molecule has 0 unspecified atom stereocenters. The van der Waals surface area contributed by atoms with E-state index in [0.717, 1.165) is 0 Å². The number of amides is 1. The summed E-state index contributed by atoms with van der Waals surface area (Å²) in [7, 11) is 0. The third kappa shape index (κ3) is 5.96.